The maximum Gasteiger partial charge on any atom is 0.0668 e. The largest absolute Gasteiger partial charge is 0.392 e. The quantitative estimate of drug-likeness (QED) is 0.585. The van der Waals surface area contributed by atoms with Crippen molar-refractivity contribution in [2.24, 2.45) is 0 Å². The minimum absolute atomic E-state index is 0.139. The zero-order chi connectivity index (χ0) is 8.97. The van der Waals surface area contributed by atoms with Crippen LogP contribution in [0.1, 0.15) is 26.7 Å². The predicted molar refractivity (Wildman–Crippen MR) is 49.7 cm³/mol. The highest BCUT2D eigenvalue weighted by Gasteiger charge is 2.22. The number of piperidine rings is 1. The van der Waals surface area contributed by atoms with Crippen molar-refractivity contribution in [1.29, 1.82) is 0 Å². The van der Waals surface area contributed by atoms with Crippen LogP contribution in [0.3, 0.4) is 0 Å². The van der Waals surface area contributed by atoms with Crippen LogP contribution in [0.4, 0.5) is 0 Å². The van der Waals surface area contributed by atoms with E-state index in [1.165, 1.54) is 0 Å². The number of hydrogen-bond donors (Lipinski definition) is 1. The lowest BCUT2D eigenvalue weighted by molar-refractivity contribution is 0.0493. The summed E-state index contributed by atoms with van der Waals surface area (Å²) >= 11 is 0. The maximum atomic E-state index is 9.41. The SMILES string of the molecule is CC#CCN1CC(O)CCC1C. The second-order valence-corrected chi connectivity index (χ2v) is 3.44. The van der Waals surface area contributed by atoms with Crippen LogP contribution in [0, 0.1) is 11.8 Å². The Morgan fingerprint density at radius 3 is 2.92 bits per heavy atom. The Bertz CT molecular complexity index is 192. The van der Waals surface area contributed by atoms with E-state index in [4.69, 9.17) is 0 Å². The van der Waals surface area contributed by atoms with Gasteiger partial charge in [-0.2, -0.15) is 0 Å². The smallest absolute Gasteiger partial charge is 0.0668 e. The molecule has 1 saturated heterocycles. The number of rotatable bonds is 1. The third-order valence-electron chi connectivity index (χ3n) is 2.45. The highest BCUT2D eigenvalue weighted by molar-refractivity contribution is 4.99. The molecule has 68 valence electrons. The molecule has 1 heterocycles. The molecule has 1 N–H and O–H groups in total. The molecule has 1 rings (SSSR count). The average molecular weight is 167 g/mol. The first-order valence-corrected chi connectivity index (χ1v) is 4.55. The highest BCUT2D eigenvalue weighted by atomic mass is 16.3. The molecule has 12 heavy (non-hydrogen) atoms. The van der Waals surface area contributed by atoms with E-state index < -0.39 is 0 Å². The van der Waals surface area contributed by atoms with Gasteiger partial charge in [0.2, 0.25) is 0 Å². The van der Waals surface area contributed by atoms with Crippen LogP contribution in [0.5, 0.6) is 0 Å². The molecule has 2 unspecified atom stereocenters. The standard InChI is InChI=1S/C10H17NO/c1-3-4-7-11-8-10(12)6-5-9(11)2/h9-10,12H,5-8H2,1-2H3. The molecule has 2 atom stereocenters. The van der Waals surface area contributed by atoms with Crippen LogP contribution in [0.15, 0.2) is 0 Å². The van der Waals surface area contributed by atoms with E-state index in [0.29, 0.717) is 6.04 Å². The van der Waals surface area contributed by atoms with E-state index >= 15 is 0 Å². The van der Waals surface area contributed by atoms with E-state index in [1.54, 1.807) is 0 Å². The maximum absolute atomic E-state index is 9.41. The fourth-order valence-corrected chi connectivity index (χ4v) is 1.56. The highest BCUT2D eigenvalue weighted by Crippen LogP contribution is 2.15. The molecule has 2 nitrogen and oxygen atoms in total. The Balaban J connectivity index is 2.41. The van der Waals surface area contributed by atoms with Crippen LogP contribution in [0.25, 0.3) is 0 Å². The van der Waals surface area contributed by atoms with Gasteiger partial charge in [0.1, 0.15) is 0 Å². The first-order valence-electron chi connectivity index (χ1n) is 4.55. The van der Waals surface area contributed by atoms with E-state index in [9.17, 15) is 5.11 Å². The second kappa shape index (κ2) is 4.49. The van der Waals surface area contributed by atoms with E-state index in [2.05, 4.69) is 23.7 Å². The van der Waals surface area contributed by atoms with Gasteiger partial charge in [-0.15, -0.1) is 5.92 Å². The molecule has 0 aromatic rings. The Kier molecular flexibility index (Phi) is 3.58. The summed E-state index contributed by atoms with van der Waals surface area (Å²) in [5.74, 6) is 5.91. The molecule has 0 aromatic heterocycles. The average Bonchev–Trinajstić information content (AvgIpc) is 2.07. The monoisotopic (exact) mass is 167 g/mol. The summed E-state index contributed by atoms with van der Waals surface area (Å²) in [7, 11) is 0. The molecule has 0 amide bonds. The van der Waals surface area contributed by atoms with Crippen molar-refractivity contribution in [3.8, 4) is 11.8 Å². The van der Waals surface area contributed by atoms with Crippen LogP contribution >= 0.6 is 0 Å². The molecule has 0 aliphatic carbocycles. The minimum Gasteiger partial charge on any atom is -0.392 e. The summed E-state index contributed by atoms with van der Waals surface area (Å²) in [6.45, 7) is 5.64. The fourth-order valence-electron chi connectivity index (χ4n) is 1.56. The molecule has 2 heteroatoms. The van der Waals surface area contributed by atoms with E-state index in [-0.39, 0.29) is 6.10 Å². The Morgan fingerprint density at radius 1 is 1.50 bits per heavy atom. The zero-order valence-electron chi connectivity index (χ0n) is 7.88. The van der Waals surface area contributed by atoms with Gasteiger partial charge in [0.05, 0.1) is 12.6 Å². The number of likely N-dealkylation sites (tertiary alicyclic amines) is 1. The van der Waals surface area contributed by atoms with Crippen molar-refractivity contribution in [3.05, 3.63) is 0 Å². The lowest BCUT2D eigenvalue weighted by atomic mass is 10.0. The Morgan fingerprint density at radius 2 is 2.25 bits per heavy atom. The molecule has 1 aliphatic heterocycles. The molecule has 0 radical (unpaired) electrons. The number of aliphatic hydroxyl groups is 1. The second-order valence-electron chi connectivity index (χ2n) is 3.44. The van der Waals surface area contributed by atoms with Gasteiger partial charge in [0.15, 0.2) is 0 Å². The normalized spacial score (nSPS) is 30.9. The zero-order valence-corrected chi connectivity index (χ0v) is 7.88. The summed E-state index contributed by atoms with van der Waals surface area (Å²) in [6, 6.07) is 0.578. The van der Waals surface area contributed by atoms with Gasteiger partial charge in [-0.3, -0.25) is 4.90 Å². The summed E-state index contributed by atoms with van der Waals surface area (Å²) in [5.41, 5.74) is 0. The van der Waals surface area contributed by atoms with Crippen LogP contribution in [-0.2, 0) is 0 Å². The van der Waals surface area contributed by atoms with Gasteiger partial charge in [-0.1, -0.05) is 5.92 Å². The molecule has 0 bridgehead atoms. The number of hydrogen-bond acceptors (Lipinski definition) is 2. The molecule has 0 spiro atoms. The molecule has 0 saturated carbocycles. The van der Waals surface area contributed by atoms with Crippen molar-refractivity contribution < 1.29 is 5.11 Å². The molecule has 1 aliphatic rings. The summed E-state index contributed by atoms with van der Waals surface area (Å²) in [6.07, 6.45) is 1.89. The first kappa shape index (κ1) is 9.57. The molecule has 1 fully saturated rings. The predicted octanol–water partition coefficient (Wildman–Crippen LogP) is 0.855. The molecular weight excluding hydrogens is 150 g/mol. The van der Waals surface area contributed by atoms with Gasteiger partial charge in [-0.25, -0.2) is 0 Å². The number of nitrogens with zero attached hydrogens (tertiary/aromatic N) is 1. The van der Waals surface area contributed by atoms with Gasteiger partial charge in [0, 0.05) is 12.6 Å². The summed E-state index contributed by atoms with van der Waals surface area (Å²) in [4.78, 5) is 2.24. The van der Waals surface area contributed by atoms with Crippen LogP contribution in [-0.4, -0.2) is 35.2 Å². The van der Waals surface area contributed by atoms with Gasteiger partial charge < -0.3 is 5.11 Å². The van der Waals surface area contributed by atoms with Crippen molar-refractivity contribution in [2.45, 2.75) is 38.8 Å². The van der Waals surface area contributed by atoms with Crippen molar-refractivity contribution in [2.75, 3.05) is 13.1 Å². The van der Waals surface area contributed by atoms with Crippen molar-refractivity contribution in [3.63, 3.8) is 0 Å². The topological polar surface area (TPSA) is 23.5 Å². The van der Waals surface area contributed by atoms with E-state index in [0.717, 1.165) is 25.9 Å². The van der Waals surface area contributed by atoms with E-state index in [1.807, 2.05) is 6.92 Å². The van der Waals surface area contributed by atoms with Crippen molar-refractivity contribution in [1.82, 2.24) is 4.90 Å². The van der Waals surface area contributed by atoms with Gasteiger partial charge in [-0.05, 0) is 26.7 Å². The Labute approximate surface area is 74.6 Å². The lowest BCUT2D eigenvalue weighted by Gasteiger charge is -2.34. The third kappa shape index (κ3) is 2.51. The molecule has 0 aromatic carbocycles. The van der Waals surface area contributed by atoms with Crippen molar-refractivity contribution >= 4 is 0 Å². The minimum atomic E-state index is -0.139. The van der Waals surface area contributed by atoms with Gasteiger partial charge >= 0.3 is 0 Å². The van der Waals surface area contributed by atoms with Gasteiger partial charge in [0.25, 0.3) is 0 Å². The summed E-state index contributed by atoms with van der Waals surface area (Å²) < 4.78 is 0. The summed E-state index contributed by atoms with van der Waals surface area (Å²) in [5, 5.41) is 9.41. The Hall–Kier alpha value is -0.520. The first-order chi connectivity index (χ1) is 5.74. The lowest BCUT2D eigenvalue weighted by Crippen LogP contribution is -2.44. The molecular formula is C10H17NO. The fraction of sp³-hybridized carbons (Fsp3) is 0.800. The third-order valence-corrected chi connectivity index (χ3v) is 2.45. The van der Waals surface area contributed by atoms with Crippen LogP contribution < -0.4 is 0 Å². The van der Waals surface area contributed by atoms with Crippen LogP contribution in [0.2, 0.25) is 0 Å². The number of β-amino-alcohol motifs (C(OH)–C–C–N with tert-alkyl or cyclic N) is 1. The number of aliphatic hydroxyl groups excluding tert-OH is 1.